The zero-order chi connectivity index (χ0) is 19.3. The normalized spacial score (nSPS) is 10.5. The number of ether oxygens (including phenoxy) is 1. The monoisotopic (exact) mass is 389 g/mol. The number of hydrogen-bond acceptors (Lipinski definition) is 6. The molecule has 6 nitrogen and oxygen atoms in total. The van der Waals surface area contributed by atoms with E-state index in [2.05, 4.69) is 10.3 Å². The first kappa shape index (κ1) is 17.8. The molecule has 0 saturated heterocycles. The van der Waals surface area contributed by atoms with Crippen LogP contribution < -0.4 is 10.1 Å². The molecule has 1 amide bonds. The maximum Gasteiger partial charge on any atom is 0.258 e. The molecule has 0 spiro atoms. The minimum Gasteiger partial charge on any atom is -0.484 e. The fraction of sp³-hybridized carbons (Fsp3) is 0.0952. The van der Waals surface area contributed by atoms with Gasteiger partial charge in [0.1, 0.15) is 11.5 Å². The van der Waals surface area contributed by atoms with E-state index >= 15 is 0 Å². The molecule has 138 valence electrons. The number of nitrogens with zero attached hydrogens (tertiary/aromatic N) is 2. The predicted molar refractivity (Wildman–Crippen MR) is 106 cm³/mol. The van der Waals surface area contributed by atoms with Crippen LogP contribution in [-0.2, 0) is 11.3 Å². The van der Waals surface area contributed by atoms with Gasteiger partial charge in [-0.05, 0) is 48.5 Å². The lowest BCUT2D eigenvalue weighted by atomic mass is 10.2. The number of nitrogens with one attached hydrogen (secondary N) is 1. The van der Waals surface area contributed by atoms with Gasteiger partial charge in [-0.15, -0.1) is 11.3 Å². The fourth-order valence-corrected chi connectivity index (χ4v) is 3.50. The standard InChI is InChI=1S/C21H15N3O3S/c22-11-14-5-7-15(8-6-14)26-13-20(25)23-12-16-9-10-18(27-16)21-24-17-3-1-2-4-19(17)28-21/h1-10H,12-13H2,(H,23,25). The Morgan fingerprint density at radius 1 is 1.14 bits per heavy atom. The summed E-state index contributed by atoms with van der Waals surface area (Å²) < 4.78 is 12.3. The highest BCUT2D eigenvalue weighted by Crippen LogP contribution is 2.31. The molecule has 0 bridgehead atoms. The van der Waals surface area contributed by atoms with E-state index in [0.717, 1.165) is 15.2 Å². The maximum atomic E-state index is 12.0. The van der Waals surface area contributed by atoms with Gasteiger partial charge in [-0.25, -0.2) is 4.98 Å². The molecule has 7 heteroatoms. The van der Waals surface area contributed by atoms with Gasteiger partial charge in [-0.3, -0.25) is 4.79 Å². The van der Waals surface area contributed by atoms with Crippen molar-refractivity contribution in [3.63, 3.8) is 0 Å². The lowest BCUT2D eigenvalue weighted by Crippen LogP contribution is -2.28. The van der Waals surface area contributed by atoms with Gasteiger partial charge < -0.3 is 14.5 Å². The van der Waals surface area contributed by atoms with Crippen molar-refractivity contribution in [1.82, 2.24) is 10.3 Å². The molecule has 0 aliphatic heterocycles. The second-order valence-corrected chi connectivity index (χ2v) is 6.98. The Kier molecular flexibility index (Phi) is 5.04. The summed E-state index contributed by atoms with van der Waals surface area (Å²) in [7, 11) is 0. The molecule has 0 aliphatic rings. The van der Waals surface area contributed by atoms with Crippen LogP contribution in [0.25, 0.3) is 21.0 Å². The van der Waals surface area contributed by atoms with Crippen LogP contribution in [0.5, 0.6) is 5.75 Å². The number of amides is 1. The number of aromatic nitrogens is 1. The Hall–Kier alpha value is -3.63. The highest BCUT2D eigenvalue weighted by atomic mass is 32.1. The van der Waals surface area contributed by atoms with Crippen molar-refractivity contribution < 1.29 is 13.9 Å². The number of furan rings is 1. The number of fused-ring (bicyclic) bond motifs is 1. The average molecular weight is 389 g/mol. The van der Waals surface area contributed by atoms with Gasteiger partial charge in [0.15, 0.2) is 17.4 Å². The molecule has 0 aliphatic carbocycles. The molecule has 4 aromatic rings. The molecule has 2 aromatic heterocycles. The van der Waals surface area contributed by atoms with Crippen LogP contribution in [0, 0.1) is 11.3 Å². The molecule has 0 atom stereocenters. The van der Waals surface area contributed by atoms with E-state index in [1.54, 1.807) is 35.6 Å². The third-order valence-electron chi connectivity index (χ3n) is 3.98. The van der Waals surface area contributed by atoms with Crippen LogP contribution in [0.4, 0.5) is 0 Å². The summed E-state index contributed by atoms with van der Waals surface area (Å²) in [5, 5.41) is 12.3. The largest absolute Gasteiger partial charge is 0.484 e. The number of thiazole rings is 1. The van der Waals surface area contributed by atoms with E-state index in [1.165, 1.54) is 0 Å². The van der Waals surface area contributed by atoms with Gasteiger partial charge in [-0.2, -0.15) is 5.26 Å². The molecule has 0 unspecified atom stereocenters. The van der Waals surface area contributed by atoms with Crippen molar-refractivity contribution >= 4 is 27.5 Å². The van der Waals surface area contributed by atoms with Gasteiger partial charge in [0.25, 0.3) is 5.91 Å². The minimum absolute atomic E-state index is 0.114. The number of carbonyl (C=O) groups is 1. The summed E-state index contributed by atoms with van der Waals surface area (Å²) in [5.41, 5.74) is 1.48. The van der Waals surface area contributed by atoms with Crippen molar-refractivity contribution in [2.75, 3.05) is 6.61 Å². The quantitative estimate of drug-likeness (QED) is 0.536. The van der Waals surface area contributed by atoms with Crippen molar-refractivity contribution in [1.29, 1.82) is 5.26 Å². The molecular formula is C21H15N3O3S. The van der Waals surface area contributed by atoms with Gasteiger partial charge in [-0.1, -0.05) is 12.1 Å². The topological polar surface area (TPSA) is 88.1 Å². The van der Waals surface area contributed by atoms with Crippen LogP contribution in [0.15, 0.2) is 65.1 Å². The number of carbonyl (C=O) groups excluding carboxylic acids is 1. The minimum atomic E-state index is -0.262. The second-order valence-electron chi connectivity index (χ2n) is 5.95. The lowest BCUT2D eigenvalue weighted by Gasteiger charge is -2.06. The molecule has 4 rings (SSSR count). The molecule has 0 radical (unpaired) electrons. The molecule has 0 saturated carbocycles. The van der Waals surface area contributed by atoms with Gasteiger partial charge in [0, 0.05) is 0 Å². The summed E-state index contributed by atoms with van der Waals surface area (Å²) >= 11 is 1.56. The van der Waals surface area contributed by atoms with Crippen LogP contribution in [0.1, 0.15) is 11.3 Å². The molecule has 1 N–H and O–H groups in total. The van der Waals surface area contributed by atoms with E-state index < -0.39 is 0 Å². The van der Waals surface area contributed by atoms with Crippen molar-refractivity contribution in [3.05, 3.63) is 72.0 Å². The third-order valence-corrected chi connectivity index (χ3v) is 5.03. The van der Waals surface area contributed by atoms with E-state index in [1.807, 2.05) is 42.5 Å². The first-order chi connectivity index (χ1) is 13.7. The Balaban J connectivity index is 1.31. The maximum absolute atomic E-state index is 12.0. The van der Waals surface area contributed by atoms with Crippen LogP contribution in [0.2, 0.25) is 0 Å². The predicted octanol–water partition coefficient (Wildman–Crippen LogP) is 4.12. The molecule has 28 heavy (non-hydrogen) atoms. The van der Waals surface area contributed by atoms with E-state index in [4.69, 9.17) is 14.4 Å². The van der Waals surface area contributed by atoms with Gasteiger partial charge >= 0.3 is 0 Å². The second kappa shape index (κ2) is 7.94. The first-order valence-corrected chi connectivity index (χ1v) is 9.37. The van der Waals surface area contributed by atoms with Gasteiger partial charge in [0.2, 0.25) is 0 Å². The zero-order valence-electron chi connectivity index (χ0n) is 14.7. The summed E-state index contributed by atoms with van der Waals surface area (Å²) in [6.45, 7) is 0.151. The van der Waals surface area contributed by atoms with Crippen molar-refractivity contribution in [3.8, 4) is 22.6 Å². The summed E-state index contributed by atoms with van der Waals surface area (Å²) in [6.07, 6.45) is 0. The SMILES string of the molecule is N#Cc1ccc(OCC(=O)NCc2ccc(-c3nc4ccccc4s3)o2)cc1. The smallest absolute Gasteiger partial charge is 0.258 e. The highest BCUT2D eigenvalue weighted by molar-refractivity contribution is 7.21. The summed E-state index contributed by atoms with van der Waals surface area (Å²) in [6, 6.07) is 20.2. The molecular weight excluding hydrogens is 374 g/mol. The number of nitriles is 1. The summed E-state index contributed by atoms with van der Waals surface area (Å²) in [4.78, 5) is 16.5. The Labute approximate surface area is 165 Å². The van der Waals surface area contributed by atoms with Gasteiger partial charge in [0.05, 0.1) is 28.4 Å². The number of benzene rings is 2. The Morgan fingerprint density at radius 3 is 2.75 bits per heavy atom. The lowest BCUT2D eigenvalue weighted by molar-refractivity contribution is -0.123. The highest BCUT2D eigenvalue weighted by Gasteiger charge is 2.11. The Bertz CT molecular complexity index is 1120. The van der Waals surface area contributed by atoms with E-state index in [-0.39, 0.29) is 19.1 Å². The molecule has 2 heterocycles. The average Bonchev–Trinajstić information content (AvgIpc) is 3.37. The fourth-order valence-electron chi connectivity index (χ4n) is 2.58. The zero-order valence-corrected chi connectivity index (χ0v) is 15.5. The first-order valence-electron chi connectivity index (χ1n) is 8.55. The molecule has 2 aromatic carbocycles. The van der Waals surface area contributed by atoms with Crippen LogP contribution in [0.3, 0.4) is 0 Å². The van der Waals surface area contributed by atoms with Crippen LogP contribution in [-0.4, -0.2) is 17.5 Å². The van der Waals surface area contributed by atoms with Crippen molar-refractivity contribution in [2.24, 2.45) is 0 Å². The Morgan fingerprint density at radius 2 is 1.96 bits per heavy atom. The van der Waals surface area contributed by atoms with Crippen LogP contribution >= 0.6 is 11.3 Å². The third kappa shape index (κ3) is 4.03. The van der Waals surface area contributed by atoms with E-state index in [9.17, 15) is 4.79 Å². The summed E-state index contributed by atoms with van der Waals surface area (Å²) in [5.74, 6) is 1.59. The molecule has 0 fully saturated rings. The van der Waals surface area contributed by atoms with E-state index in [0.29, 0.717) is 22.8 Å². The van der Waals surface area contributed by atoms with Crippen molar-refractivity contribution in [2.45, 2.75) is 6.54 Å². The number of hydrogen-bond donors (Lipinski definition) is 1. The number of rotatable bonds is 6. The number of para-hydroxylation sites is 1.